The van der Waals surface area contributed by atoms with Gasteiger partial charge in [-0.15, -0.1) is 0 Å². The molecular weight excluding hydrogens is 356 g/mol. The van der Waals surface area contributed by atoms with E-state index in [1.165, 1.54) is 6.07 Å². The summed E-state index contributed by atoms with van der Waals surface area (Å²) in [6.07, 6.45) is 0. The summed E-state index contributed by atoms with van der Waals surface area (Å²) in [6.45, 7) is 3.95. The number of para-hydroxylation sites is 1. The number of amides is 1. The van der Waals surface area contributed by atoms with Gasteiger partial charge in [-0.1, -0.05) is 12.1 Å². The van der Waals surface area contributed by atoms with Gasteiger partial charge in [-0.05, 0) is 43.3 Å². The zero-order chi connectivity index (χ0) is 19.7. The van der Waals surface area contributed by atoms with E-state index in [9.17, 15) is 14.4 Å². The Balaban J connectivity index is 1.47. The highest BCUT2D eigenvalue weighted by molar-refractivity contribution is 5.94. The molecule has 2 aromatic carbocycles. The number of nitrogens with zero attached hydrogens (tertiary/aromatic N) is 2. The van der Waals surface area contributed by atoms with E-state index in [0.717, 1.165) is 5.69 Å². The molecule has 0 unspecified atom stereocenters. The van der Waals surface area contributed by atoms with Crippen molar-refractivity contribution in [1.82, 2.24) is 4.90 Å². The Morgan fingerprint density at radius 2 is 1.61 bits per heavy atom. The number of rotatable bonds is 3. The van der Waals surface area contributed by atoms with Crippen LogP contribution in [0.2, 0.25) is 0 Å². The molecule has 6 heteroatoms. The zero-order valence-electron chi connectivity index (χ0n) is 15.6. The number of fused-ring (bicyclic) bond motifs is 1. The first-order valence-corrected chi connectivity index (χ1v) is 9.21. The smallest absolute Gasteiger partial charge is 0.289 e. The molecule has 1 fully saturated rings. The number of hydrogen-bond acceptors (Lipinski definition) is 5. The normalized spacial score (nSPS) is 14.3. The Bertz CT molecular complexity index is 1090. The highest BCUT2D eigenvalue weighted by Crippen LogP contribution is 2.19. The van der Waals surface area contributed by atoms with Crippen LogP contribution in [0, 0.1) is 0 Å². The van der Waals surface area contributed by atoms with E-state index in [0.29, 0.717) is 42.7 Å². The van der Waals surface area contributed by atoms with Crippen LogP contribution in [0.25, 0.3) is 11.0 Å². The van der Waals surface area contributed by atoms with Gasteiger partial charge in [0, 0.05) is 43.5 Å². The molecule has 0 N–H and O–H groups in total. The number of anilines is 1. The number of carbonyl (C=O) groups excluding carboxylic acids is 2. The van der Waals surface area contributed by atoms with Crippen LogP contribution in [-0.2, 0) is 0 Å². The minimum atomic E-state index is -0.269. The van der Waals surface area contributed by atoms with Crippen LogP contribution < -0.4 is 10.3 Å². The summed E-state index contributed by atoms with van der Waals surface area (Å²) in [7, 11) is 0. The number of carbonyl (C=O) groups is 2. The molecule has 0 radical (unpaired) electrons. The third-order valence-electron chi connectivity index (χ3n) is 5.05. The fourth-order valence-corrected chi connectivity index (χ4v) is 3.44. The van der Waals surface area contributed by atoms with E-state index in [2.05, 4.69) is 4.90 Å². The molecule has 2 heterocycles. The first kappa shape index (κ1) is 18.0. The third kappa shape index (κ3) is 3.41. The van der Waals surface area contributed by atoms with Gasteiger partial charge in [0.2, 0.25) is 0 Å². The fraction of sp³-hybridized carbons (Fsp3) is 0.227. The lowest BCUT2D eigenvalue weighted by Gasteiger charge is -2.35. The maximum absolute atomic E-state index is 12.8. The summed E-state index contributed by atoms with van der Waals surface area (Å²) in [5.74, 6) is -0.156. The number of ketones is 1. The minimum Gasteiger partial charge on any atom is -0.451 e. The molecule has 28 heavy (non-hydrogen) atoms. The van der Waals surface area contributed by atoms with Gasteiger partial charge in [-0.2, -0.15) is 0 Å². The van der Waals surface area contributed by atoms with Gasteiger partial charge in [-0.3, -0.25) is 14.4 Å². The summed E-state index contributed by atoms with van der Waals surface area (Å²) in [5.41, 5.74) is 1.91. The molecular formula is C22H20N2O4. The van der Waals surface area contributed by atoms with Gasteiger partial charge in [-0.25, -0.2) is 0 Å². The second-order valence-electron chi connectivity index (χ2n) is 6.85. The maximum atomic E-state index is 12.8. The van der Waals surface area contributed by atoms with Crippen molar-refractivity contribution >= 4 is 28.3 Å². The average Bonchev–Trinajstić information content (AvgIpc) is 2.73. The molecule has 0 aliphatic carbocycles. The molecule has 1 aromatic heterocycles. The summed E-state index contributed by atoms with van der Waals surface area (Å²) < 4.78 is 5.67. The topological polar surface area (TPSA) is 70.8 Å². The SMILES string of the molecule is CC(=O)c1ccc(N2CCN(C(=O)c3cc(=O)c4ccccc4o3)CC2)cc1. The first-order valence-electron chi connectivity index (χ1n) is 9.21. The molecule has 4 rings (SSSR count). The first-order chi connectivity index (χ1) is 13.5. The second-order valence-corrected chi connectivity index (χ2v) is 6.85. The van der Waals surface area contributed by atoms with Crippen molar-refractivity contribution in [2.24, 2.45) is 0 Å². The Kier molecular flexibility index (Phi) is 4.69. The lowest BCUT2D eigenvalue weighted by Crippen LogP contribution is -2.48. The van der Waals surface area contributed by atoms with E-state index in [1.807, 2.05) is 24.3 Å². The summed E-state index contributed by atoms with van der Waals surface area (Å²) in [5, 5.41) is 0.470. The van der Waals surface area contributed by atoms with Gasteiger partial charge in [0.1, 0.15) is 5.58 Å². The summed E-state index contributed by atoms with van der Waals surface area (Å²) in [4.78, 5) is 40.3. The van der Waals surface area contributed by atoms with Crippen LogP contribution in [0.5, 0.6) is 0 Å². The van der Waals surface area contributed by atoms with Gasteiger partial charge in [0.15, 0.2) is 17.0 Å². The Morgan fingerprint density at radius 1 is 0.929 bits per heavy atom. The molecule has 142 valence electrons. The second kappa shape index (κ2) is 7.31. The predicted octanol–water partition coefficient (Wildman–Crippen LogP) is 2.96. The Hall–Kier alpha value is -3.41. The molecule has 0 atom stereocenters. The summed E-state index contributed by atoms with van der Waals surface area (Å²) in [6, 6.07) is 15.7. The number of hydrogen-bond donors (Lipinski definition) is 0. The molecule has 0 saturated carbocycles. The molecule has 1 aliphatic heterocycles. The molecule has 1 saturated heterocycles. The summed E-state index contributed by atoms with van der Waals surface area (Å²) >= 11 is 0. The average molecular weight is 376 g/mol. The van der Waals surface area contributed by atoms with Crippen LogP contribution in [0.1, 0.15) is 27.8 Å². The van der Waals surface area contributed by atoms with E-state index < -0.39 is 0 Å². The monoisotopic (exact) mass is 376 g/mol. The number of piperazine rings is 1. The lowest BCUT2D eigenvalue weighted by atomic mass is 10.1. The maximum Gasteiger partial charge on any atom is 0.289 e. The molecule has 1 amide bonds. The molecule has 3 aromatic rings. The quantitative estimate of drug-likeness (QED) is 0.657. The standard InChI is InChI=1S/C22H20N2O4/c1-15(25)16-6-8-17(9-7-16)23-10-12-24(13-11-23)22(27)21-14-19(26)18-4-2-3-5-20(18)28-21/h2-9,14H,10-13H2,1H3. The zero-order valence-corrected chi connectivity index (χ0v) is 15.6. The van der Waals surface area contributed by atoms with E-state index >= 15 is 0 Å². The van der Waals surface area contributed by atoms with Crippen molar-refractivity contribution in [3.8, 4) is 0 Å². The van der Waals surface area contributed by atoms with Crippen LogP contribution in [-0.4, -0.2) is 42.8 Å². The van der Waals surface area contributed by atoms with Crippen LogP contribution >= 0.6 is 0 Å². The van der Waals surface area contributed by atoms with Crippen LogP contribution in [0.4, 0.5) is 5.69 Å². The van der Waals surface area contributed by atoms with Crippen molar-refractivity contribution in [2.45, 2.75) is 6.92 Å². The van der Waals surface area contributed by atoms with Crippen LogP contribution in [0.3, 0.4) is 0 Å². The van der Waals surface area contributed by atoms with Gasteiger partial charge < -0.3 is 14.2 Å². The lowest BCUT2D eigenvalue weighted by molar-refractivity contribution is 0.0715. The minimum absolute atomic E-state index is 0.0406. The number of benzene rings is 2. The highest BCUT2D eigenvalue weighted by atomic mass is 16.3. The molecule has 0 bridgehead atoms. The fourth-order valence-electron chi connectivity index (χ4n) is 3.44. The van der Waals surface area contributed by atoms with Crippen molar-refractivity contribution < 1.29 is 14.0 Å². The molecule has 6 nitrogen and oxygen atoms in total. The highest BCUT2D eigenvalue weighted by Gasteiger charge is 2.24. The third-order valence-corrected chi connectivity index (χ3v) is 5.05. The van der Waals surface area contributed by atoms with Crippen molar-refractivity contribution in [1.29, 1.82) is 0 Å². The van der Waals surface area contributed by atoms with Crippen molar-refractivity contribution in [2.75, 3.05) is 31.1 Å². The van der Waals surface area contributed by atoms with E-state index in [4.69, 9.17) is 4.42 Å². The van der Waals surface area contributed by atoms with E-state index in [1.54, 1.807) is 36.1 Å². The van der Waals surface area contributed by atoms with Gasteiger partial charge >= 0.3 is 0 Å². The van der Waals surface area contributed by atoms with Gasteiger partial charge in [0.05, 0.1) is 5.39 Å². The van der Waals surface area contributed by atoms with Crippen LogP contribution in [0.15, 0.2) is 63.8 Å². The molecule has 1 aliphatic rings. The Morgan fingerprint density at radius 3 is 2.29 bits per heavy atom. The Labute approximate surface area is 162 Å². The van der Waals surface area contributed by atoms with E-state index in [-0.39, 0.29) is 22.9 Å². The number of Topliss-reactive ketones (excluding diaryl/α,β-unsaturated/α-hetero) is 1. The molecule has 0 spiro atoms. The van der Waals surface area contributed by atoms with Crippen molar-refractivity contribution in [3.05, 3.63) is 76.1 Å². The largest absolute Gasteiger partial charge is 0.451 e. The van der Waals surface area contributed by atoms with Crippen molar-refractivity contribution in [3.63, 3.8) is 0 Å². The van der Waals surface area contributed by atoms with Gasteiger partial charge in [0.25, 0.3) is 5.91 Å². The predicted molar refractivity (Wildman–Crippen MR) is 107 cm³/mol.